The molecular weight excluding hydrogens is 474 g/mol. The number of carbonyl (C=O) groups is 4. The van der Waals surface area contributed by atoms with E-state index in [1.165, 1.54) is 18.5 Å². The molecule has 0 aliphatic heterocycles. The number of hydrogen-bond donors (Lipinski definition) is 6. The molecule has 2 saturated carbocycles. The van der Waals surface area contributed by atoms with Gasteiger partial charge in [0.15, 0.2) is 11.4 Å². The molecule has 3 aliphatic rings. The normalized spacial score (nSPS) is 29.3. The zero-order valence-electron chi connectivity index (χ0n) is 18.8. The summed E-state index contributed by atoms with van der Waals surface area (Å²) in [5.41, 5.74) is 3.61. The van der Waals surface area contributed by atoms with Gasteiger partial charge in [0.05, 0.1) is 23.4 Å². The molecule has 5 rings (SSSR count). The van der Waals surface area contributed by atoms with E-state index in [1.54, 1.807) is 6.07 Å². The maximum absolute atomic E-state index is 13.5. The molecule has 1 aromatic heterocycles. The van der Waals surface area contributed by atoms with Crippen LogP contribution in [-0.4, -0.2) is 60.7 Å². The van der Waals surface area contributed by atoms with Gasteiger partial charge in [-0.25, -0.2) is 0 Å². The Morgan fingerprint density at radius 2 is 1.97 bits per heavy atom. The zero-order valence-corrected chi connectivity index (χ0v) is 18.8. The average Bonchev–Trinajstić information content (AvgIpc) is 3.35. The second kappa shape index (κ2) is 8.28. The number of nitrogens with zero attached hydrogens (tertiary/aromatic N) is 1. The van der Waals surface area contributed by atoms with E-state index in [0.717, 1.165) is 0 Å². The number of benzene rings is 1. The highest BCUT2D eigenvalue weighted by atomic mass is 16.5. The molecule has 2 fully saturated rings. The van der Waals surface area contributed by atoms with E-state index in [9.17, 15) is 39.6 Å². The van der Waals surface area contributed by atoms with E-state index in [-0.39, 0.29) is 48.3 Å². The molecule has 5 atom stereocenters. The first-order valence-electron chi connectivity index (χ1n) is 11.3. The predicted molar refractivity (Wildman–Crippen MR) is 119 cm³/mol. The van der Waals surface area contributed by atoms with E-state index in [0.29, 0.717) is 11.1 Å². The Balaban J connectivity index is 1.53. The first kappa shape index (κ1) is 23.7. The van der Waals surface area contributed by atoms with Crippen molar-refractivity contribution in [1.82, 2.24) is 10.5 Å². The molecule has 12 nitrogen and oxygen atoms in total. The van der Waals surface area contributed by atoms with E-state index in [2.05, 4.69) is 15.0 Å². The third-order valence-electron chi connectivity index (χ3n) is 7.50. The molecule has 1 aromatic carbocycles. The quantitative estimate of drug-likeness (QED) is 0.298. The number of aromatic nitrogens is 1. The van der Waals surface area contributed by atoms with Crippen LogP contribution < -0.4 is 11.1 Å². The predicted octanol–water partition coefficient (Wildman–Crippen LogP) is -0.493. The number of aromatic hydroxyl groups is 1. The van der Waals surface area contributed by atoms with Crippen LogP contribution in [0.2, 0.25) is 0 Å². The van der Waals surface area contributed by atoms with Crippen molar-refractivity contribution in [3.05, 3.63) is 52.4 Å². The lowest BCUT2D eigenvalue weighted by Crippen LogP contribution is -2.66. The smallest absolute Gasteiger partial charge is 0.256 e. The summed E-state index contributed by atoms with van der Waals surface area (Å²) >= 11 is 0. The van der Waals surface area contributed by atoms with Crippen LogP contribution in [0.5, 0.6) is 5.75 Å². The largest absolute Gasteiger partial charge is 0.507 e. The molecule has 0 radical (unpaired) electrons. The molecule has 1 heterocycles. The first-order valence-corrected chi connectivity index (χ1v) is 11.3. The van der Waals surface area contributed by atoms with Crippen LogP contribution in [0.25, 0.3) is 5.76 Å². The summed E-state index contributed by atoms with van der Waals surface area (Å²) in [6.07, 6.45) is 0.983. The van der Waals surface area contributed by atoms with Gasteiger partial charge in [-0.2, -0.15) is 0 Å². The standard InChI is InChI=1S/C24H23N3O9/c25-22(33)18-15(29)5-12-3-10-4-13-9(6-26-23(34)11-7-27-36-8-11)1-2-14(28)17(13)19(30)16(10)20(31)24(12,35)21(18)32/h1-2,7-8,10,12,15,18,28-30,35H,3-6H2,(H2,25,33)(H,26,34)/t10-,12+,15?,18?,24+/m1/s1. The summed E-state index contributed by atoms with van der Waals surface area (Å²) < 4.78 is 4.66. The molecule has 188 valence electrons. The van der Waals surface area contributed by atoms with E-state index in [1.807, 2.05) is 0 Å². The minimum absolute atomic E-state index is 0.0285. The number of Topliss-reactive ketones (excluding diaryl/α,β-unsaturated/α-hetero) is 2. The van der Waals surface area contributed by atoms with Gasteiger partial charge in [-0.15, -0.1) is 0 Å². The number of phenolic OH excluding ortho intramolecular Hbond substituents is 1. The monoisotopic (exact) mass is 497 g/mol. The Hall–Kier alpha value is -4.03. The van der Waals surface area contributed by atoms with Crippen LogP contribution in [0.15, 0.2) is 34.7 Å². The fourth-order valence-electron chi connectivity index (χ4n) is 5.75. The molecule has 3 aliphatic carbocycles. The van der Waals surface area contributed by atoms with Crippen LogP contribution in [0.1, 0.15) is 39.9 Å². The Morgan fingerprint density at radius 1 is 1.22 bits per heavy atom. The molecule has 2 unspecified atom stereocenters. The van der Waals surface area contributed by atoms with Gasteiger partial charge in [0.2, 0.25) is 11.7 Å². The number of nitrogens with two attached hydrogens (primary N) is 1. The summed E-state index contributed by atoms with van der Waals surface area (Å²) in [5, 5.41) is 49.4. The van der Waals surface area contributed by atoms with Gasteiger partial charge in [0, 0.05) is 18.0 Å². The first-order chi connectivity index (χ1) is 17.1. The zero-order chi connectivity index (χ0) is 25.9. The van der Waals surface area contributed by atoms with Crippen LogP contribution in [0, 0.1) is 17.8 Å². The second-order valence-corrected chi connectivity index (χ2v) is 9.43. The summed E-state index contributed by atoms with van der Waals surface area (Å²) in [4.78, 5) is 50.5. The average molecular weight is 497 g/mol. The fraction of sp³-hybridized carbons (Fsp3) is 0.375. The highest BCUT2D eigenvalue weighted by Crippen LogP contribution is 2.51. The lowest BCUT2D eigenvalue weighted by molar-refractivity contribution is -0.174. The molecule has 2 amide bonds. The van der Waals surface area contributed by atoms with Crippen molar-refractivity contribution >= 4 is 29.1 Å². The number of hydrogen-bond acceptors (Lipinski definition) is 10. The number of aliphatic hydroxyl groups is 3. The maximum Gasteiger partial charge on any atom is 0.256 e. The number of ketones is 2. The second-order valence-electron chi connectivity index (χ2n) is 9.43. The highest BCUT2D eigenvalue weighted by molar-refractivity contribution is 6.24. The molecular formula is C24H23N3O9. The van der Waals surface area contributed by atoms with Crippen LogP contribution in [-0.2, 0) is 27.3 Å². The number of carbonyl (C=O) groups excluding carboxylic acids is 4. The third-order valence-corrected chi connectivity index (χ3v) is 7.50. The minimum atomic E-state index is -2.63. The molecule has 0 bridgehead atoms. The number of amides is 2. The van der Waals surface area contributed by atoms with Gasteiger partial charge in [-0.3, -0.25) is 19.2 Å². The Labute approximate surface area is 203 Å². The molecule has 2 aromatic rings. The third kappa shape index (κ3) is 3.33. The SMILES string of the molecule is NC(=O)C1C(=O)[C@@]2(O)C(=O)C3=C(O)c4c(O)ccc(CNC(=O)c5cnoc5)c4C[C@H]3C[C@H]2CC1O. The van der Waals surface area contributed by atoms with Crippen molar-refractivity contribution in [2.75, 3.05) is 0 Å². The van der Waals surface area contributed by atoms with Gasteiger partial charge in [-0.1, -0.05) is 11.2 Å². The van der Waals surface area contributed by atoms with E-state index < -0.39 is 58.6 Å². The number of nitrogens with one attached hydrogen (secondary N) is 1. The van der Waals surface area contributed by atoms with Crippen LogP contribution in [0.3, 0.4) is 0 Å². The summed E-state index contributed by atoms with van der Waals surface area (Å²) in [7, 11) is 0. The fourth-order valence-corrected chi connectivity index (χ4v) is 5.75. The van der Waals surface area contributed by atoms with Crippen LogP contribution >= 0.6 is 0 Å². The van der Waals surface area contributed by atoms with Crippen molar-refractivity contribution in [2.45, 2.75) is 37.5 Å². The van der Waals surface area contributed by atoms with Crippen LogP contribution in [0.4, 0.5) is 0 Å². The number of rotatable bonds is 4. The molecule has 7 N–H and O–H groups in total. The molecule has 12 heteroatoms. The van der Waals surface area contributed by atoms with E-state index in [4.69, 9.17) is 5.73 Å². The van der Waals surface area contributed by atoms with Gasteiger partial charge >= 0.3 is 0 Å². The summed E-state index contributed by atoms with van der Waals surface area (Å²) in [6, 6.07) is 2.87. The van der Waals surface area contributed by atoms with Crippen molar-refractivity contribution < 1.29 is 44.1 Å². The topological polar surface area (TPSA) is 213 Å². The number of aliphatic hydroxyl groups excluding tert-OH is 2. The van der Waals surface area contributed by atoms with Gasteiger partial charge in [-0.05, 0) is 42.4 Å². The maximum atomic E-state index is 13.5. The molecule has 36 heavy (non-hydrogen) atoms. The molecule has 0 saturated heterocycles. The number of fused-ring (bicyclic) bond motifs is 3. The summed E-state index contributed by atoms with van der Waals surface area (Å²) in [6.45, 7) is 0.0285. The Kier molecular flexibility index (Phi) is 5.45. The minimum Gasteiger partial charge on any atom is -0.507 e. The summed E-state index contributed by atoms with van der Waals surface area (Å²) in [5.74, 6) is -8.18. The van der Waals surface area contributed by atoms with Crippen molar-refractivity contribution in [2.24, 2.45) is 23.5 Å². The van der Waals surface area contributed by atoms with E-state index >= 15 is 0 Å². The van der Waals surface area contributed by atoms with Crippen molar-refractivity contribution in [3.63, 3.8) is 0 Å². The molecule has 0 spiro atoms. The lowest BCUT2D eigenvalue weighted by atomic mass is 9.56. The van der Waals surface area contributed by atoms with Gasteiger partial charge < -0.3 is 36.0 Å². The Bertz CT molecular complexity index is 1330. The van der Waals surface area contributed by atoms with Crippen molar-refractivity contribution in [3.8, 4) is 5.75 Å². The van der Waals surface area contributed by atoms with Crippen molar-refractivity contribution in [1.29, 1.82) is 0 Å². The Morgan fingerprint density at radius 3 is 2.64 bits per heavy atom. The number of phenols is 1. The number of primary amides is 1. The highest BCUT2D eigenvalue weighted by Gasteiger charge is 2.63. The van der Waals surface area contributed by atoms with Gasteiger partial charge in [0.1, 0.15) is 23.7 Å². The lowest BCUT2D eigenvalue weighted by Gasteiger charge is -2.48. The van der Waals surface area contributed by atoms with Gasteiger partial charge in [0.25, 0.3) is 5.91 Å².